The van der Waals surface area contributed by atoms with Gasteiger partial charge in [-0.15, -0.1) is 0 Å². The van der Waals surface area contributed by atoms with Crippen LogP contribution in [0.2, 0.25) is 0 Å². The third kappa shape index (κ3) is 4.15. The highest BCUT2D eigenvalue weighted by Crippen LogP contribution is 2.16. The molecule has 4 heteroatoms. The lowest BCUT2D eigenvalue weighted by Gasteiger charge is -2.14. The first-order chi connectivity index (χ1) is 12.0. The molecule has 3 rings (SSSR count). The third-order valence-electron chi connectivity index (χ3n) is 4.41. The average molecular weight is 334 g/mol. The van der Waals surface area contributed by atoms with Crippen molar-refractivity contribution in [2.24, 2.45) is 0 Å². The summed E-state index contributed by atoms with van der Waals surface area (Å²) in [6.45, 7) is 3.78. The Hall–Kier alpha value is -2.88. The van der Waals surface area contributed by atoms with Gasteiger partial charge in [0.2, 0.25) is 5.91 Å². The summed E-state index contributed by atoms with van der Waals surface area (Å²) in [5.41, 5.74) is 3.64. The SMILES string of the molecule is Cc1cc2cc(CCC(=O)NC(C)c3ccccc3)ccc2[nH]c1=O. The van der Waals surface area contributed by atoms with Gasteiger partial charge in [-0.05, 0) is 55.0 Å². The number of pyridine rings is 1. The van der Waals surface area contributed by atoms with Gasteiger partial charge in [0.1, 0.15) is 0 Å². The van der Waals surface area contributed by atoms with Crippen LogP contribution in [0, 0.1) is 6.92 Å². The first kappa shape index (κ1) is 17.0. The number of hydrogen-bond donors (Lipinski definition) is 2. The molecule has 0 radical (unpaired) electrons. The van der Waals surface area contributed by atoms with Gasteiger partial charge < -0.3 is 10.3 Å². The van der Waals surface area contributed by atoms with Crippen LogP contribution >= 0.6 is 0 Å². The molecule has 1 unspecified atom stereocenters. The molecule has 0 fully saturated rings. The summed E-state index contributed by atoms with van der Waals surface area (Å²) in [4.78, 5) is 26.7. The summed E-state index contributed by atoms with van der Waals surface area (Å²) >= 11 is 0. The van der Waals surface area contributed by atoms with E-state index in [0.29, 0.717) is 18.4 Å². The van der Waals surface area contributed by atoms with Gasteiger partial charge >= 0.3 is 0 Å². The number of benzene rings is 2. The zero-order valence-corrected chi connectivity index (χ0v) is 14.5. The van der Waals surface area contributed by atoms with Gasteiger partial charge in [0.25, 0.3) is 5.56 Å². The Bertz CT molecular complexity index is 945. The second-order valence-electron chi connectivity index (χ2n) is 6.40. The molecular weight excluding hydrogens is 312 g/mol. The van der Waals surface area contributed by atoms with Gasteiger partial charge in [-0.1, -0.05) is 36.4 Å². The van der Waals surface area contributed by atoms with Crippen LogP contribution in [-0.4, -0.2) is 10.9 Å². The van der Waals surface area contributed by atoms with Crippen LogP contribution in [0.25, 0.3) is 10.9 Å². The highest BCUT2D eigenvalue weighted by molar-refractivity contribution is 5.80. The maximum Gasteiger partial charge on any atom is 0.251 e. The van der Waals surface area contributed by atoms with Gasteiger partial charge in [0.15, 0.2) is 0 Å². The zero-order chi connectivity index (χ0) is 17.8. The van der Waals surface area contributed by atoms with Gasteiger partial charge in [0, 0.05) is 17.5 Å². The Labute approximate surface area is 146 Å². The van der Waals surface area contributed by atoms with Crippen molar-refractivity contribution in [1.82, 2.24) is 10.3 Å². The second kappa shape index (κ2) is 7.34. The number of hydrogen-bond acceptors (Lipinski definition) is 2. The van der Waals surface area contributed by atoms with Gasteiger partial charge in [-0.25, -0.2) is 0 Å². The molecule has 0 saturated carbocycles. The van der Waals surface area contributed by atoms with Crippen LogP contribution in [-0.2, 0) is 11.2 Å². The first-order valence-electron chi connectivity index (χ1n) is 8.50. The average Bonchev–Trinajstić information content (AvgIpc) is 2.61. The van der Waals surface area contributed by atoms with Crippen molar-refractivity contribution >= 4 is 16.8 Å². The number of aryl methyl sites for hydroxylation is 2. The number of aromatic nitrogens is 1. The van der Waals surface area contributed by atoms with Crippen molar-refractivity contribution in [2.75, 3.05) is 0 Å². The summed E-state index contributed by atoms with van der Waals surface area (Å²) in [6.07, 6.45) is 1.10. The fourth-order valence-corrected chi connectivity index (χ4v) is 2.92. The normalized spacial score (nSPS) is 12.1. The summed E-state index contributed by atoms with van der Waals surface area (Å²) in [7, 11) is 0. The largest absolute Gasteiger partial charge is 0.350 e. The molecule has 2 N–H and O–H groups in total. The van der Waals surface area contributed by atoms with Crippen molar-refractivity contribution in [2.45, 2.75) is 32.7 Å². The van der Waals surface area contributed by atoms with Crippen molar-refractivity contribution in [3.8, 4) is 0 Å². The highest BCUT2D eigenvalue weighted by atomic mass is 16.1. The van der Waals surface area contributed by atoms with E-state index in [1.807, 2.05) is 61.5 Å². The number of fused-ring (bicyclic) bond motifs is 1. The van der Waals surface area contributed by atoms with Crippen LogP contribution in [0.5, 0.6) is 0 Å². The van der Waals surface area contributed by atoms with Crippen molar-refractivity contribution < 1.29 is 4.79 Å². The number of carbonyl (C=O) groups is 1. The molecule has 0 bridgehead atoms. The molecule has 0 spiro atoms. The monoisotopic (exact) mass is 334 g/mol. The quantitative estimate of drug-likeness (QED) is 0.748. The molecular formula is C21H22N2O2. The maximum atomic E-state index is 12.2. The number of aromatic amines is 1. The minimum atomic E-state index is -0.0606. The van der Waals surface area contributed by atoms with E-state index in [4.69, 9.17) is 0 Å². The summed E-state index contributed by atoms with van der Waals surface area (Å²) in [5.74, 6) is 0.0362. The standard InChI is InChI=1S/C21H22N2O2/c1-14-12-18-13-16(8-10-19(18)23-21(14)25)9-11-20(24)22-15(2)17-6-4-3-5-7-17/h3-8,10,12-13,15H,9,11H2,1-2H3,(H,22,24)(H,23,25). The van der Waals surface area contributed by atoms with Gasteiger partial charge in [-0.3, -0.25) is 9.59 Å². The minimum Gasteiger partial charge on any atom is -0.350 e. The fraction of sp³-hybridized carbons (Fsp3) is 0.238. The topological polar surface area (TPSA) is 62.0 Å². The van der Waals surface area contributed by atoms with Gasteiger partial charge in [-0.2, -0.15) is 0 Å². The number of amides is 1. The first-order valence-corrected chi connectivity index (χ1v) is 8.50. The predicted molar refractivity (Wildman–Crippen MR) is 101 cm³/mol. The molecule has 0 aliphatic carbocycles. The number of nitrogens with one attached hydrogen (secondary N) is 2. The molecule has 128 valence electrons. The Balaban J connectivity index is 1.63. The van der Waals surface area contributed by atoms with Crippen LogP contribution in [0.3, 0.4) is 0 Å². The van der Waals surface area contributed by atoms with Crippen LogP contribution < -0.4 is 10.9 Å². The third-order valence-corrected chi connectivity index (χ3v) is 4.41. The van der Waals surface area contributed by atoms with Gasteiger partial charge in [0.05, 0.1) is 6.04 Å². The Morgan fingerprint density at radius 3 is 2.64 bits per heavy atom. The molecule has 0 saturated heterocycles. The van der Waals surface area contributed by atoms with E-state index in [1.54, 1.807) is 6.92 Å². The molecule has 1 aromatic heterocycles. The van der Waals surface area contributed by atoms with E-state index in [-0.39, 0.29) is 17.5 Å². The maximum absolute atomic E-state index is 12.2. The molecule has 2 aromatic carbocycles. The lowest BCUT2D eigenvalue weighted by Crippen LogP contribution is -2.26. The van der Waals surface area contributed by atoms with Crippen LogP contribution in [0.1, 0.15) is 36.1 Å². The smallest absolute Gasteiger partial charge is 0.251 e. The zero-order valence-electron chi connectivity index (χ0n) is 14.5. The molecule has 1 heterocycles. The van der Waals surface area contributed by atoms with Crippen molar-refractivity contribution in [3.05, 3.63) is 81.6 Å². The Kier molecular flexibility index (Phi) is 4.98. The fourth-order valence-electron chi connectivity index (χ4n) is 2.92. The molecule has 3 aromatic rings. The van der Waals surface area contributed by atoms with E-state index in [1.165, 1.54) is 0 Å². The summed E-state index contributed by atoms with van der Waals surface area (Å²) in [5, 5.41) is 4.03. The van der Waals surface area contributed by atoms with E-state index < -0.39 is 0 Å². The lowest BCUT2D eigenvalue weighted by atomic mass is 10.0. The minimum absolute atomic E-state index is 0.00183. The lowest BCUT2D eigenvalue weighted by molar-refractivity contribution is -0.121. The van der Waals surface area contributed by atoms with E-state index >= 15 is 0 Å². The molecule has 0 aliphatic rings. The number of rotatable bonds is 5. The number of H-pyrrole nitrogens is 1. The van der Waals surface area contributed by atoms with Crippen molar-refractivity contribution in [3.63, 3.8) is 0 Å². The summed E-state index contributed by atoms with van der Waals surface area (Å²) in [6, 6.07) is 17.7. The molecule has 1 amide bonds. The summed E-state index contributed by atoms with van der Waals surface area (Å²) < 4.78 is 0. The van der Waals surface area contributed by atoms with E-state index in [2.05, 4.69) is 10.3 Å². The Morgan fingerprint density at radius 2 is 1.88 bits per heavy atom. The van der Waals surface area contributed by atoms with Crippen LogP contribution in [0.15, 0.2) is 59.4 Å². The Morgan fingerprint density at radius 1 is 1.12 bits per heavy atom. The van der Waals surface area contributed by atoms with E-state index in [9.17, 15) is 9.59 Å². The molecule has 0 aliphatic heterocycles. The molecule has 1 atom stereocenters. The second-order valence-corrected chi connectivity index (χ2v) is 6.40. The highest BCUT2D eigenvalue weighted by Gasteiger charge is 2.09. The predicted octanol–water partition coefficient (Wildman–Crippen LogP) is 3.65. The molecule has 4 nitrogen and oxygen atoms in total. The van der Waals surface area contributed by atoms with Crippen molar-refractivity contribution in [1.29, 1.82) is 0 Å². The number of carbonyl (C=O) groups excluding carboxylic acids is 1. The van der Waals surface area contributed by atoms with Crippen LogP contribution in [0.4, 0.5) is 0 Å². The molecule has 25 heavy (non-hydrogen) atoms. The van der Waals surface area contributed by atoms with E-state index in [0.717, 1.165) is 22.0 Å².